The van der Waals surface area contributed by atoms with Crippen LogP contribution in [0.25, 0.3) is 0 Å². The minimum atomic E-state index is -0.603. The van der Waals surface area contributed by atoms with E-state index in [1.165, 1.54) is 11.1 Å². The molecule has 1 fully saturated rings. The van der Waals surface area contributed by atoms with Gasteiger partial charge in [-0.2, -0.15) is 0 Å². The molecule has 0 saturated carbocycles. The molecule has 0 bridgehead atoms. The van der Waals surface area contributed by atoms with Crippen molar-refractivity contribution in [3.8, 4) is 5.88 Å². The highest BCUT2D eigenvalue weighted by Crippen LogP contribution is 2.40. The Morgan fingerprint density at radius 2 is 1.82 bits per heavy atom. The molecule has 2 aromatic heterocycles. The van der Waals surface area contributed by atoms with Crippen molar-refractivity contribution in [3.63, 3.8) is 0 Å². The zero-order chi connectivity index (χ0) is 31.9. The van der Waals surface area contributed by atoms with Crippen molar-refractivity contribution in [2.45, 2.75) is 58.7 Å². The molecule has 45 heavy (non-hydrogen) atoms. The third-order valence-corrected chi connectivity index (χ3v) is 8.70. The fourth-order valence-electron chi connectivity index (χ4n) is 6.23. The number of carbonyl (C=O) groups is 2. The van der Waals surface area contributed by atoms with E-state index in [1.807, 2.05) is 69.3 Å². The van der Waals surface area contributed by atoms with Gasteiger partial charge >= 0.3 is 6.09 Å². The van der Waals surface area contributed by atoms with Crippen molar-refractivity contribution >= 4 is 34.9 Å². The van der Waals surface area contributed by atoms with Crippen LogP contribution in [0, 0.1) is 6.92 Å². The van der Waals surface area contributed by atoms with Gasteiger partial charge in [0.2, 0.25) is 5.88 Å². The summed E-state index contributed by atoms with van der Waals surface area (Å²) in [5.41, 5.74) is 5.90. The van der Waals surface area contributed by atoms with Gasteiger partial charge in [0.1, 0.15) is 23.7 Å². The molecule has 11 heteroatoms. The SMILES string of the molecule is Cc1c(N2CCc3cnc(Nc4ccc(C(=O)N5CC[C@@H](N(C)C)C5)cc4)cc3C2)cnc2c1N(C(=O)OC(C)(C)C)CCO2. The van der Waals surface area contributed by atoms with Gasteiger partial charge in [0.25, 0.3) is 5.91 Å². The topological polar surface area (TPSA) is 103 Å². The molecule has 5 heterocycles. The largest absolute Gasteiger partial charge is 0.474 e. The number of amides is 2. The number of rotatable bonds is 5. The summed E-state index contributed by atoms with van der Waals surface area (Å²) in [5.74, 6) is 1.27. The Morgan fingerprint density at radius 3 is 2.53 bits per heavy atom. The monoisotopic (exact) mass is 613 g/mol. The van der Waals surface area contributed by atoms with Gasteiger partial charge in [0, 0.05) is 55.2 Å². The number of ether oxygens (including phenoxy) is 2. The second kappa shape index (κ2) is 12.2. The average Bonchev–Trinajstić information content (AvgIpc) is 3.51. The van der Waals surface area contributed by atoms with Crippen LogP contribution in [0.3, 0.4) is 0 Å². The van der Waals surface area contributed by atoms with Crippen molar-refractivity contribution in [3.05, 3.63) is 65.0 Å². The van der Waals surface area contributed by atoms with Gasteiger partial charge in [-0.25, -0.2) is 14.8 Å². The summed E-state index contributed by atoms with van der Waals surface area (Å²) >= 11 is 0. The van der Waals surface area contributed by atoms with Gasteiger partial charge < -0.3 is 29.5 Å². The molecule has 1 aromatic carbocycles. The molecule has 1 saturated heterocycles. The zero-order valence-corrected chi connectivity index (χ0v) is 27.1. The lowest BCUT2D eigenvalue weighted by molar-refractivity contribution is 0.0566. The molecule has 0 aliphatic carbocycles. The second-order valence-electron chi connectivity index (χ2n) is 13.3. The van der Waals surface area contributed by atoms with Crippen LogP contribution in [-0.2, 0) is 17.7 Å². The van der Waals surface area contributed by atoms with Crippen molar-refractivity contribution in [1.82, 2.24) is 19.8 Å². The molecule has 238 valence electrons. The summed E-state index contributed by atoms with van der Waals surface area (Å²) in [7, 11) is 4.13. The normalized spacial score (nSPS) is 17.9. The van der Waals surface area contributed by atoms with Gasteiger partial charge in [-0.15, -0.1) is 0 Å². The highest BCUT2D eigenvalue weighted by Gasteiger charge is 2.33. The number of fused-ring (bicyclic) bond motifs is 2. The van der Waals surface area contributed by atoms with Crippen LogP contribution in [-0.4, -0.2) is 90.3 Å². The van der Waals surface area contributed by atoms with Gasteiger partial charge in [-0.05, 0) is 96.1 Å². The predicted molar refractivity (Wildman–Crippen MR) is 175 cm³/mol. The third-order valence-electron chi connectivity index (χ3n) is 8.70. The van der Waals surface area contributed by atoms with E-state index < -0.39 is 11.7 Å². The first-order valence-electron chi connectivity index (χ1n) is 15.7. The van der Waals surface area contributed by atoms with Crippen LogP contribution in [0.5, 0.6) is 5.88 Å². The average molecular weight is 614 g/mol. The summed E-state index contributed by atoms with van der Waals surface area (Å²) in [4.78, 5) is 43.4. The molecule has 3 aliphatic heterocycles. The number of nitrogens with one attached hydrogen (secondary N) is 1. The Hall–Kier alpha value is -4.38. The lowest BCUT2D eigenvalue weighted by Crippen LogP contribution is -2.42. The number of nitrogens with zero attached hydrogens (tertiary/aromatic N) is 6. The van der Waals surface area contributed by atoms with Gasteiger partial charge in [-0.1, -0.05) is 0 Å². The van der Waals surface area contributed by atoms with Crippen LogP contribution < -0.4 is 19.9 Å². The van der Waals surface area contributed by atoms with E-state index in [4.69, 9.17) is 9.47 Å². The molecule has 0 unspecified atom stereocenters. The van der Waals surface area contributed by atoms with Crippen LogP contribution in [0.4, 0.5) is 27.7 Å². The quantitative estimate of drug-likeness (QED) is 0.426. The number of anilines is 4. The molecule has 1 N–H and O–H groups in total. The molecule has 11 nitrogen and oxygen atoms in total. The van der Waals surface area contributed by atoms with E-state index in [-0.39, 0.29) is 5.91 Å². The van der Waals surface area contributed by atoms with Crippen LogP contribution in [0.2, 0.25) is 0 Å². The summed E-state index contributed by atoms with van der Waals surface area (Å²) in [5, 5.41) is 3.41. The Bertz CT molecular complexity index is 1580. The maximum atomic E-state index is 13.1. The van der Waals surface area contributed by atoms with Crippen molar-refractivity contribution in [2.24, 2.45) is 0 Å². The molecule has 3 aliphatic rings. The minimum absolute atomic E-state index is 0.0747. The number of pyridine rings is 2. The van der Waals surface area contributed by atoms with Crippen LogP contribution >= 0.6 is 0 Å². The summed E-state index contributed by atoms with van der Waals surface area (Å²) in [6.45, 7) is 11.4. The molecule has 2 amide bonds. The lowest BCUT2D eigenvalue weighted by Gasteiger charge is -2.35. The molecule has 0 radical (unpaired) electrons. The molecule has 3 aromatic rings. The number of hydrogen-bond donors (Lipinski definition) is 1. The van der Waals surface area contributed by atoms with Crippen molar-refractivity contribution in [1.29, 1.82) is 0 Å². The number of benzene rings is 1. The van der Waals surface area contributed by atoms with E-state index in [9.17, 15) is 9.59 Å². The number of carbonyl (C=O) groups excluding carboxylic acids is 2. The Labute approximate surface area is 265 Å². The van der Waals surface area contributed by atoms with E-state index in [0.29, 0.717) is 42.9 Å². The van der Waals surface area contributed by atoms with Crippen LogP contribution in [0.15, 0.2) is 42.7 Å². The lowest BCUT2D eigenvalue weighted by atomic mass is 10.0. The molecule has 1 atom stereocenters. The fraction of sp³-hybridized carbons (Fsp3) is 0.471. The summed E-state index contributed by atoms with van der Waals surface area (Å²) in [6, 6.07) is 10.1. The Balaban J connectivity index is 1.16. The number of likely N-dealkylation sites (tertiary alicyclic amines) is 1. The third kappa shape index (κ3) is 6.54. The van der Waals surface area contributed by atoms with E-state index in [0.717, 1.165) is 55.2 Å². The minimum Gasteiger partial charge on any atom is -0.474 e. The van der Waals surface area contributed by atoms with Crippen molar-refractivity contribution < 1.29 is 19.1 Å². The highest BCUT2D eigenvalue weighted by atomic mass is 16.6. The Kier molecular flexibility index (Phi) is 8.30. The molecule has 0 spiro atoms. The van der Waals surface area contributed by atoms with Crippen molar-refractivity contribution in [2.75, 3.05) is 62.0 Å². The van der Waals surface area contributed by atoms with E-state index in [2.05, 4.69) is 45.2 Å². The Morgan fingerprint density at radius 1 is 1.04 bits per heavy atom. The van der Waals surface area contributed by atoms with Gasteiger partial charge in [-0.3, -0.25) is 9.69 Å². The first-order chi connectivity index (χ1) is 21.5. The molecule has 6 rings (SSSR count). The maximum Gasteiger partial charge on any atom is 0.415 e. The van der Waals surface area contributed by atoms with Gasteiger partial charge in [0.15, 0.2) is 0 Å². The number of hydrogen-bond acceptors (Lipinski definition) is 9. The zero-order valence-electron chi connectivity index (χ0n) is 27.1. The fourth-order valence-corrected chi connectivity index (χ4v) is 6.23. The summed E-state index contributed by atoms with van der Waals surface area (Å²) in [6.07, 6.45) is 5.22. The maximum absolute atomic E-state index is 13.1. The highest BCUT2D eigenvalue weighted by molar-refractivity contribution is 5.95. The first-order valence-corrected chi connectivity index (χ1v) is 15.7. The number of likely N-dealkylation sites (N-methyl/N-ethyl adjacent to an activating group) is 1. The van der Waals surface area contributed by atoms with E-state index in [1.54, 1.807) is 4.90 Å². The smallest absolute Gasteiger partial charge is 0.415 e. The van der Waals surface area contributed by atoms with Crippen LogP contribution in [0.1, 0.15) is 54.2 Å². The molecular weight excluding hydrogens is 570 g/mol. The number of aromatic nitrogens is 2. The van der Waals surface area contributed by atoms with Gasteiger partial charge in [0.05, 0.1) is 18.4 Å². The molecular formula is C34H43N7O4. The standard InChI is InChI=1S/C34H43N7O4/c1-22-28(19-36-31-30(22)41(15-16-44-31)33(43)45-34(2,3)4)39-13-11-24-18-35-29(17-25(24)20-39)37-26-9-7-23(8-10-26)32(42)40-14-12-27(21-40)38(5)6/h7-10,17-19,27H,11-16,20-21H2,1-6H3,(H,35,37)/t27-/m1/s1. The van der Waals surface area contributed by atoms with E-state index >= 15 is 0 Å². The first kappa shape index (κ1) is 30.6. The predicted octanol–water partition coefficient (Wildman–Crippen LogP) is 5.00. The second-order valence-corrected chi connectivity index (χ2v) is 13.3. The summed E-state index contributed by atoms with van der Waals surface area (Å²) < 4.78 is 11.5.